The average molecular weight is 430 g/mol. The van der Waals surface area contributed by atoms with Crippen molar-refractivity contribution < 1.29 is 4.74 Å². The molecule has 6 heteroatoms. The lowest BCUT2D eigenvalue weighted by molar-refractivity contribution is 0.306. The van der Waals surface area contributed by atoms with Crippen LogP contribution < -0.4 is 10.3 Å². The van der Waals surface area contributed by atoms with Crippen molar-refractivity contribution in [1.29, 1.82) is 0 Å². The molecular weight excluding hydrogens is 406 g/mol. The third-order valence-electron chi connectivity index (χ3n) is 5.60. The molecule has 1 aliphatic carbocycles. The Hall–Kier alpha value is -3.25. The van der Waals surface area contributed by atoms with Gasteiger partial charge in [0.1, 0.15) is 23.5 Å². The van der Waals surface area contributed by atoms with Gasteiger partial charge >= 0.3 is 0 Å². The zero-order chi connectivity index (χ0) is 21.2. The van der Waals surface area contributed by atoms with E-state index in [1.807, 2.05) is 24.3 Å². The van der Waals surface area contributed by atoms with E-state index in [1.54, 1.807) is 17.6 Å². The molecule has 0 aliphatic heterocycles. The quantitative estimate of drug-likeness (QED) is 0.415. The summed E-state index contributed by atoms with van der Waals surface area (Å²) in [5, 5.41) is 5.12. The van der Waals surface area contributed by atoms with Gasteiger partial charge in [-0.05, 0) is 73.6 Å². The summed E-state index contributed by atoms with van der Waals surface area (Å²) in [5.74, 6) is 0.794. The highest BCUT2D eigenvalue weighted by Gasteiger charge is 2.19. The van der Waals surface area contributed by atoms with E-state index >= 15 is 0 Å². The normalized spacial score (nSPS) is 13.6. The van der Waals surface area contributed by atoms with E-state index in [1.165, 1.54) is 33.4 Å². The summed E-state index contributed by atoms with van der Waals surface area (Å²) in [6.45, 7) is 2.60. The van der Waals surface area contributed by atoms with E-state index < -0.39 is 0 Å². The topological polar surface area (TPSA) is 56.5 Å². The zero-order valence-corrected chi connectivity index (χ0v) is 18.2. The summed E-state index contributed by atoms with van der Waals surface area (Å²) < 4.78 is 7.19. The molecule has 0 saturated carbocycles. The van der Waals surface area contributed by atoms with Crippen LogP contribution in [0.1, 0.15) is 40.0 Å². The van der Waals surface area contributed by atoms with Crippen molar-refractivity contribution in [2.75, 3.05) is 0 Å². The fourth-order valence-electron chi connectivity index (χ4n) is 3.85. The number of hydrogen-bond acceptors (Lipinski definition) is 5. The highest BCUT2D eigenvalue weighted by molar-refractivity contribution is 7.18. The summed E-state index contributed by atoms with van der Waals surface area (Å²) >= 11 is 1.65. The molecule has 4 aromatic rings. The molecule has 2 aromatic heterocycles. The van der Waals surface area contributed by atoms with E-state index in [2.05, 4.69) is 41.3 Å². The Morgan fingerprint density at radius 1 is 1.10 bits per heavy atom. The molecular formula is C25H23N3O2S. The molecule has 0 amide bonds. The summed E-state index contributed by atoms with van der Waals surface area (Å²) in [6, 6.07) is 16.0. The van der Waals surface area contributed by atoms with Crippen LogP contribution >= 0.6 is 11.3 Å². The van der Waals surface area contributed by atoms with Gasteiger partial charge in [0.15, 0.2) is 0 Å². The van der Waals surface area contributed by atoms with Gasteiger partial charge in [-0.25, -0.2) is 4.98 Å². The number of ether oxygens (including phenoxy) is 1. The summed E-state index contributed by atoms with van der Waals surface area (Å²) in [5.41, 5.74) is 4.36. The number of thiophene rings is 1. The number of hydrogen-bond donors (Lipinski definition) is 0. The van der Waals surface area contributed by atoms with Crippen LogP contribution in [0.2, 0.25) is 0 Å². The lowest BCUT2D eigenvalue weighted by atomic mass is 9.97. The number of fused-ring (bicyclic) bond motifs is 3. The molecule has 5 rings (SSSR count). The summed E-state index contributed by atoms with van der Waals surface area (Å²) in [6.07, 6.45) is 7.53. The van der Waals surface area contributed by atoms with Crippen molar-refractivity contribution in [3.8, 4) is 5.75 Å². The molecule has 0 spiro atoms. The van der Waals surface area contributed by atoms with Gasteiger partial charge in [-0.3, -0.25) is 4.79 Å². The highest BCUT2D eigenvalue weighted by atomic mass is 32.1. The smallest absolute Gasteiger partial charge is 0.282 e. The van der Waals surface area contributed by atoms with Crippen LogP contribution in [0.25, 0.3) is 10.2 Å². The second kappa shape index (κ2) is 8.47. The van der Waals surface area contributed by atoms with Gasteiger partial charge in [0.05, 0.1) is 11.6 Å². The number of rotatable bonds is 5. The molecule has 0 unspecified atom stereocenters. The Morgan fingerprint density at radius 2 is 1.87 bits per heavy atom. The molecule has 156 valence electrons. The first kappa shape index (κ1) is 19.7. The minimum absolute atomic E-state index is 0.0845. The van der Waals surface area contributed by atoms with E-state index in [-0.39, 0.29) is 5.56 Å². The zero-order valence-electron chi connectivity index (χ0n) is 17.4. The maximum absolute atomic E-state index is 13.0. The van der Waals surface area contributed by atoms with Crippen molar-refractivity contribution >= 4 is 27.8 Å². The molecule has 0 saturated heterocycles. The van der Waals surface area contributed by atoms with Crippen LogP contribution in [0.4, 0.5) is 0 Å². The Bertz CT molecular complexity index is 1300. The summed E-state index contributed by atoms with van der Waals surface area (Å²) in [4.78, 5) is 19.6. The van der Waals surface area contributed by atoms with E-state index in [0.29, 0.717) is 6.61 Å². The summed E-state index contributed by atoms with van der Waals surface area (Å²) in [7, 11) is 0. The highest BCUT2D eigenvalue weighted by Crippen LogP contribution is 2.33. The largest absolute Gasteiger partial charge is 0.489 e. The van der Waals surface area contributed by atoms with Crippen molar-refractivity contribution in [2.45, 2.75) is 39.2 Å². The van der Waals surface area contributed by atoms with Gasteiger partial charge in [-0.2, -0.15) is 9.78 Å². The standard InChI is InChI=1S/C25H23N3O2S/c1-17-6-8-19(9-7-17)15-30-20-12-10-18(11-13-20)14-27-28-16-26-24-23(25(28)29)21-4-2-3-5-22(21)31-24/h6-14,16H,2-5,15H2,1H3/b27-14+. The average Bonchev–Trinajstić information content (AvgIpc) is 3.18. The number of aryl methyl sites for hydroxylation is 3. The first-order valence-corrected chi connectivity index (χ1v) is 11.3. The molecule has 2 heterocycles. The molecule has 2 aromatic carbocycles. The molecule has 0 radical (unpaired) electrons. The van der Waals surface area contributed by atoms with Gasteiger partial charge in [-0.15, -0.1) is 11.3 Å². The van der Waals surface area contributed by atoms with Gasteiger partial charge in [-0.1, -0.05) is 29.8 Å². The van der Waals surface area contributed by atoms with Crippen molar-refractivity contribution in [2.24, 2.45) is 5.10 Å². The Labute approximate surface area is 184 Å². The van der Waals surface area contributed by atoms with E-state index in [4.69, 9.17) is 4.74 Å². The van der Waals surface area contributed by atoms with Crippen LogP contribution in [0.5, 0.6) is 5.75 Å². The van der Waals surface area contributed by atoms with Crippen LogP contribution in [-0.4, -0.2) is 15.9 Å². The van der Waals surface area contributed by atoms with Crippen LogP contribution in [0.3, 0.4) is 0 Å². The monoisotopic (exact) mass is 429 g/mol. The first-order chi connectivity index (χ1) is 15.2. The van der Waals surface area contributed by atoms with Gasteiger partial charge in [0.2, 0.25) is 0 Å². The lowest BCUT2D eigenvalue weighted by Gasteiger charge is -2.09. The maximum Gasteiger partial charge on any atom is 0.282 e. The molecule has 0 fully saturated rings. The molecule has 5 nitrogen and oxygen atoms in total. The molecule has 31 heavy (non-hydrogen) atoms. The second-order valence-corrected chi connectivity index (χ2v) is 8.96. The van der Waals surface area contributed by atoms with Crippen LogP contribution in [-0.2, 0) is 19.4 Å². The Balaban J connectivity index is 1.31. The Kier molecular flexibility index (Phi) is 5.38. The lowest BCUT2D eigenvalue weighted by Crippen LogP contribution is -2.18. The maximum atomic E-state index is 13.0. The fourth-order valence-corrected chi connectivity index (χ4v) is 5.07. The molecule has 0 bridgehead atoms. The predicted molar refractivity (Wildman–Crippen MR) is 125 cm³/mol. The van der Waals surface area contributed by atoms with Crippen molar-refractivity contribution in [3.05, 3.63) is 92.3 Å². The number of nitrogens with zero attached hydrogens (tertiary/aromatic N) is 3. The minimum atomic E-state index is -0.0845. The fraction of sp³-hybridized carbons (Fsp3) is 0.240. The Morgan fingerprint density at radius 3 is 2.68 bits per heavy atom. The number of aromatic nitrogens is 2. The van der Waals surface area contributed by atoms with Gasteiger partial charge < -0.3 is 4.74 Å². The molecule has 0 atom stereocenters. The number of benzene rings is 2. The third kappa shape index (κ3) is 4.16. The SMILES string of the molecule is Cc1ccc(COc2ccc(/C=N/n3cnc4sc5c(c4c3=O)CCCC5)cc2)cc1. The van der Waals surface area contributed by atoms with Crippen molar-refractivity contribution in [3.63, 3.8) is 0 Å². The third-order valence-corrected chi connectivity index (χ3v) is 6.80. The second-order valence-electron chi connectivity index (χ2n) is 7.87. The molecule has 1 aliphatic rings. The minimum Gasteiger partial charge on any atom is -0.489 e. The van der Waals surface area contributed by atoms with Gasteiger partial charge in [0.25, 0.3) is 5.56 Å². The first-order valence-electron chi connectivity index (χ1n) is 10.5. The van der Waals surface area contributed by atoms with Crippen molar-refractivity contribution in [1.82, 2.24) is 9.66 Å². The van der Waals surface area contributed by atoms with Gasteiger partial charge in [0, 0.05) is 4.88 Å². The van der Waals surface area contributed by atoms with E-state index in [0.717, 1.165) is 46.4 Å². The van der Waals surface area contributed by atoms with Crippen LogP contribution in [0.15, 0.2) is 64.8 Å². The van der Waals surface area contributed by atoms with E-state index in [9.17, 15) is 4.79 Å². The predicted octanol–water partition coefficient (Wildman–Crippen LogP) is 5.11. The molecule has 0 N–H and O–H groups in total. The van der Waals surface area contributed by atoms with Crippen LogP contribution in [0, 0.1) is 6.92 Å².